The third kappa shape index (κ3) is 3.22. The average molecular weight is 267 g/mol. The number of hydrogen-bond acceptors (Lipinski definition) is 5. The molecule has 1 atom stereocenters. The summed E-state index contributed by atoms with van der Waals surface area (Å²) < 4.78 is 5.74. The maximum Gasteiger partial charge on any atom is 0.158 e. The Labute approximate surface area is 113 Å². The SMILES string of the molecule is CNCCc1c(C)nc(C2CSCCO2)nc1C. The Morgan fingerprint density at radius 1 is 1.33 bits per heavy atom. The molecule has 0 radical (unpaired) electrons. The first-order chi connectivity index (χ1) is 8.72. The van der Waals surface area contributed by atoms with Crippen LogP contribution >= 0.6 is 11.8 Å². The van der Waals surface area contributed by atoms with Crippen molar-refractivity contribution in [1.29, 1.82) is 0 Å². The summed E-state index contributed by atoms with van der Waals surface area (Å²) in [6, 6.07) is 0. The average Bonchev–Trinajstić information content (AvgIpc) is 2.39. The third-order valence-corrected chi connectivity index (χ3v) is 4.16. The van der Waals surface area contributed by atoms with Crippen molar-refractivity contribution in [2.45, 2.75) is 26.4 Å². The van der Waals surface area contributed by atoms with Crippen LogP contribution in [0, 0.1) is 13.8 Å². The molecule has 0 aromatic carbocycles. The molecule has 1 aromatic rings. The van der Waals surface area contributed by atoms with Crippen molar-refractivity contribution in [2.75, 3.05) is 31.7 Å². The highest BCUT2D eigenvalue weighted by Crippen LogP contribution is 2.25. The minimum absolute atomic E-state index is 0.0690. The van der Waals surface area contributed by atoms with E-state index in [0.717, 1.165) is 48.3 Å². The molecule has 2 heterocycles. The molecule has 2 rings (SSSR count). The summed E-state index contributed by atoms with van der Waals surface area (Å²) >= 11 is 1.91. The number of ether oxygens (including phenoxy) is 1. The van der Waals surface area contributed by atoms with Gasteiger partial charge in [0.15, 0.2) is 5.82 Å². The number of nitrogens with zero attached hydrogens (tertiary/aromatic N) is 2. The molecule has 1 aliphatic heterocycles. The summed E-state index contributed by atoms with van der Waals surface area (Å²) in [5.74, 6) is 2.90. The van der Waals surface area contributed by atoms with Gasteiger partial charge in [-0.3, -0.25) is 0 Å². The lowest BCUT2D eigenvalue weighted by Crippen LogP contribution is -2.20. The first kappa shape index (κ1) is 13.8. The number of rotatable bonds is 4. The normalized spacial score (nSPS) is 20.1. The number of likely N-dealkylation sites (N-methyl/N-ethyl adjacent to an activating group) is 1. The molecule has 0 spiro atoms. The lowest BCUT2D eigenvalue weighted by Gasteiger charge is -2.22. The molecule has 1 aliphatic rings. The van der Waals surface area contributed by atoms with Crippen molar-refractivity contribution in [3.63, 3.8) is 0 Å². The fraction of sp³-hybridized carbons (Fsp3) is 0.692. The van der Waals surface area contributed by atoms with Crippen molar-refractivity contribution >= 4 is 11.8 Å². The fourth-order valence-corrected chi connectivity index (χ4v) is 3.00. The quantitative estimate of drug-likeness (QED) is 0.899. The van der Waals surface area contributed by atoms with E-state index in [0.29, 0.717) is 0 Å². The van der Waals surface area contributed by atoms with E-state index in [2.05, 4.69) is 29.1 Å². The van der Waals surface area contributed by atoms with Crippen LogP contribution in [0.15, 0.2) is 0 Å². The first-order valence-corrected chi connectivity index (χ1v) is 7.55. The zero-order chi connectivity index (χ0) is 13.0. The molecule has 0 aliphatic carbocycles. The molecule has 1 saturated heterocycles. The Kier molecular flexibility index (Phi) is 4.97. The van der Waals surface area contributed by atoms with Crippen LogP contribution in [0.1, 0.15) is 28.9 Å². The van der Waals surface area contributed by atoms with Crippen molar-refractivity contribution in [3.8, 4) is 0 Å². The van der Waals surface area contributed by atoms with Crippen LogP contribution < -0.4 is 5.32 Å². The monoisotopic (exact) mass is 267 g/mol. The number of aromatic nitrogens is 2. The number of nitrogens with one attached hydrogen (secondary N) is 1. The third-order valence-electron chi connectivity index (χ3n) is 3.17. The largest absolute Gasteiger partial charge is 0.368 e. The van der Waals surface area contributed by atoms with Gasteiger partial charge in [0.05, 0.1) is 6.61 Å². The summed E-state index contributed by atoms with van der Waals surface area (Å²) in [6.45, 7) is 5.90. The molecular weight excluding hydrogens is 246 g/mol. The Hall–Kier alpha value is -0.650. The molecule has 0 saturated carbocycles. The number of hydrogen-bond donors (Lipinski definition) is 1. The molecule has 1 fully saturated rings. The zero-order valence-corrected chi connectivity index (χ0v) is 12.1. The lowest BCUT2D eigenvalue weighted by atomic mass is 10.1. The van der Waals surface area contributed by atoms with E-state index >= 15 is 0 Å². The maximum absolute atomic E-state index is 5.74. The highest BCUT2D eigenvalue weighted by molar-refractivity contribution is 7.99. The fourth-order valence-electron chi connectivity index (χ4n) is 2.16. The molecule has 1 unspecified atom stereocenters. The Balaban J connectivity index is 2.18. The number of aryl methyl sites for hydroxylation is 2. The van der Waals surface area contributed by atoms with Gasteiger partial charge in [-0.05, 0) is 39.4 Å². The van der Waals surface area contributed by atoms with Crippen LogP contribution in [0.2, 0.25) is 0 Å². The van der Waals surface area contributed by atoms with Crippen LogP contribution in [0.5, 0.6) is 0 Å². The molecule has 18 heavy (non-hydrogen) atoms. The van der Waals surface area contributed by atoms with E-state index in [1.165, 1.54) is 5.56 Å². The van der Waals surface area contributed by atoms with Gasteiger partial charge < -0.3 is 10.1 Å². The summed E-state index contributed by atoms with van der Waals surface area (Å²) in [5.41, 5.74) is 3.44. The minimum atomic E-state index is 0.0690. The van der Waals surface area contributed by atoms with Crippen molar-refractivity contribution in [2.24, 2.45) is 0 Å². The first-order valence-electron chi connectivity index (χ1n) is 6.40. The minimum Gasteiger partial charge on any atom is -0.368 e. The summed E-state index contributed by atoms with van der Waals surface area (Å²) in [7, 11) is 1.97. The molecule has 100 valence electrons. The van der Waals surface area contributed by atoms with Gasteiger partial charge in [0.2, 0.25) is 0 Å². The number of thioether (sulfide) groups is 1. The molecule has 4 nitrogen and oxygen atoms in total. The van der Waals surface area contributed by atoms with Gasteiger partial charge in [-0.2, -0.15) is 11.8 Å². The molecule has 0 amide bonds. The van der Waals surface area contributed by atoms with Crippen LogP contribution in [-0.4, -0.2) is 41.7 Å². The topological polar surface area (TPSA) is 47.0 Å². The Morgan fingerprint density at radius 2 is 2.06 bits per heavy atom. The summed E-state index contributed by atoms with van der Waals surface area (Å²) in [6.07, 6.45) is 1.05. The maximum atomic E-state index is 5.74. The van der Waals surface area contributed by atoms with Gasteiger partial charge in [0, 0.05) is 22.9 Å². The van der Waals surface area contributed by atoms with Crippen LogP contribution in [-0.2, 0) is 11.2 Å². The highest BCUT2D eigenvalue weighted by atomic mass is 32.2. The molecule has 5 heteroatoms. The van der Waals surface area contributed by atoms with Gasteiger partial charge in [-0.15, -0.1) is 0 Å². The summed E-state index contributed by atoms with van der Waals surface area (Å²) in [5, 5.41) is 3.17. The second-order valence-electron chi connectivity index (χ2n) is 4.52. The van der Waals surface area contributed by atoms with E-state index in [4.69, 9.17) is 4.74 Å². The summed E-state index contributed by atoms with van der Waals surface area (Å²) in [4.78, 5) is 9.27. The second kappa shape index (κ2) is 6.50. The van der Waals surface area contributed by atoms with Crippen molar-refractivity contribution < 1.29 is 4.74 Å². The van der Waals surface area contributed by atoms with Gasteiger partial charge in [-0.1, -0.05) is 0 Å². The molecule has 1 aromatic heterocycles. The van der Waals surface area contributed by atoms with Crippen molar-refractivity contribution in [3.05, 3.63) is 22.8 Å². The zero-order valence-electron chi connectivity index (χ0n) is 11.3. The van der Waals surface area contributed by atoms with E-state index in [1.807, 2.05) is 18.8 Å². The van der Waals surface area contributed by atoms with Crippen LogP contribution in [0.25, 0.3) is 0 Å². The van der Waals surface area contributed by atoms with Crippen LogP contribution in [0.3, 0.4) is 0 Å². The van der Waals surface area contributed by atoms with Gasteiger partial charge in [-0.25, -0.2) is 9.97 Å². The molecular formula is C13H21N3OS. The Morgan fingerprint density at radius 3 is 2.61 bits per heavy atom. The second-order valence-corrected chi connectivity index (χ2v) is 5.67. The smallest absolute Gasteiger partial charge is 0.158 e. The van der Waals surface area contributed by atoms with E-state index in [9.17, 15) is 0 Å². The Bertz CT molecular complexity index is 382. The lowest BCUT2D eigenvalue weighted by molar-refractivity contribution is 0.0691. The van der Waals surface area contributed by atoms with Crippen LogP contribution in [0.4, 0.5) is 0 Å². The molecule has 0 bridgehead atoms. The predicted molar refractivity (Wildman–Crippen MR) is 75.2 cm³/mol. The van der Waals surface area contributed by atoms with Gasteiger partial charge in [0.25, 0.3) is 0 Å². The van der Waals surface area contributed by atoms with E-state index in [1.54, 1.807) is 0 Å². The van der Waals surface area contributed by atoms with Gasteiger partial charge >= 0.3 is 0 Å². The van der Waals surface area contributed by atoms with E-state index < -0.39 is 0 Å². The highest BCUT2D eigenvalue weighted by Gasteiger charge is 2.20. The van der Waals surface area contributed by atoms with Crippen molar-refractivity contribution in [1.82, 2.24) is 15.3 Å². The van der Waals surface area contributed by atoms with Gasteiger partial charge in [0.1, 0.15) is 6.10 Å². The van der Waals surface area contributed by atoms with E-state index in [-0.39, 0.29) is 6.10 Å². The predicted octanol–water partition coefficient (Wildman–Crippen LogP) is 1.66. The molecule has 1 N–H and O–H groups in total. The standard InChI is InChI=1S/C13H21N3OS/c1-9-11(4-5-14-3)10(2)16-13(15-9)12-8-18-7-6-17-12/h12,14H,4-8H2,1-3H3.